The maximum atomic E-state index is 5.61. The second-order valence-corrected chi connectivity index (χ2v) is 7.72. The zero-order valence-electron chi connectivity index (χ0n) is 15.3. The fourth-order valence-electron chi connectivity index (χ4n) is 3.20. The lowest BCUT2D eigenvalue weighted by Gasteiger charge is -2.27. The Morgan fingerprint density at radius 1 is 1.28 bits per heavy atom. The van der Waals surface area contributed by atoms with E-state index < -0.39 is 0 Å². The van der Waals surface area contributed by atoms with E-state index in [-0.39, 0.29) is 17.6 Å². The summed E-state index contributed by atoms with van der Waals surface area (Å²) in [5.74, 6) is 0. The first-order valence-electron chi connectivity index (χ1n) is 8.57. The van der Waals surface area contributed by atoms with Gasteiger partial charge in [-0.2, -0.15) is 0 Å². The third-order valence-electron chi connectivity index (χ3n) is 4.57. The number of aromatic nitrogens is 2. The van der Waals surface area contributed by atoms with Crippen LogP contribution in [0, 0.1) is 0 Å². The molecule has 1 fully saturated rings. The highest BCUT2D eigenvalue weighted by Crippen LogP contribution is 2.38. The molecule has 3 heterocycles. The highest BCUT2D eigenvalue weighted by atomic mass is 32.1. The molecule has 0 bridgehead atoms. The van der Waals surface area contributed by atoms with Crippen LogP contribution in [0.4, 0.5) is 0 Å². The van der Waals surface area contributed by atoms with Crippen molar-refractivity contribution in [3.8, 4) is 0 Å². The van der Waals surface area contributed by atoms with E-state index in [0.717, 1.165) is 17.4 Å². The van der Waals surface area contributed by atoms with Gasteiger partial charge >= 0.3 is 0 Å². The second-order valence-electron chi connectivity index (χ2n) is 7.34. The average Bonchev–Trinajstić information content (AvgIpc) is 3.18. The van der Waals surface area contributed by atoms with Crippen molar-refractivity contribution in [1.82, 2.24) is 19.8 Å². The van der Waals surface area contributed by atoms with Crippen molar-refractivity contribution in [3.05, 3.63) is 54.1 Å². The van der Waals surface area contributed by atoms with Gasteiger partial charge in [-0.05, 0) is 56.8 Å². The van der Waals surface area contributed by atoms with Gasteiger partial charge < -0.3 is 19.5 Å². The SMILES string of the molecule is COCCN1C(=S)N[C@@H](c2ccccn2)[C@@H]1c1ccn(C(C)(C)C)c1. The summed E-state index contributed by atoms with van der Waals surface area (Å²) in [6.45, 7) is 7.98. The molecule has 2 atom stereocenters. The van der Waals surface area contributed by atoms with E-state index in [1.165, 1.54) is 5.56 Å². The summed E-state index contributed by atoms with van der Waals surface area (Å²) < 4.78 is 7.53. The molecular weight excluding hydrogens is 332 g/mol. The van der Waals surface area contributed by atoms with Crippen LogP contribution in [0.2, 0.25) is 0 Å². The lowest BCUT2D eigenvalue weighted by atomic mass is 9.99. The van der Waals surface area contributed by atoms with Crippen molar-refractivity contribution in [2.45, 2.75) is 38.4 Å². The third-order valence-corrected chi connectivity index (χ3v) is 4.92. The zero-order valence-corrected chi connectivity index (χ0v) is 16.1. The van der Waals surface area contributed by atoms with Gasteiger partial charge in [-0.1, -0.05) is 6.07 Å². The molecule has 0 aliphatic carbocycles. The summed E-state index contributed by atoms with van der Waals surface area (Å²) in [6, 6.07) is 8.31. The molecule has 0 aromatic carbocycles. The molecule has 1 saturated heterocycles. The molecule has 0 spiro atoms. The van der Waals surface area contributed by atoms with Crippen LogP contribution in [0.3, 0.4) is 0 Å². The average molecular weight is 359 g/mol. The number of hydrogen-bond donors (Lipinski definition) is 1. The van der Waals surface area contributed by atoms with Gasteiger partial charge in [0.15, 0.2) is 5.11 Å². The second kappa shape index (κ2) is 7.14. The van der Waals surface area contributed by atoms with Gasteiger partial charge in [0, 0.05) is 37.8 Å². The number of ether oxygens (including phenoxy) is 1. The van der Waals surface area contributed by atoms with Gasteiger partial charge in [-0.25, -0.2) is 0 Å². The smallest absolute Gasteiger partial charge is 0.170 e. The molecule has 134 valence electrons. The van der Waals surface area contributed by atoms with E-state index in [4.69, 9.17) is 17.0 Å². The lowest BCUT2D eigenvalue weighted by Crippen LogP contribution is -2.32. The number of nitrogens with zero attached hydrogens (tertiary/aromatic N) is 3. The molecule has 1 aliphatic heterocycles. The van der Waals surface area contributed by atoms with Crippen LogP contribution in [-0.4, -0.2) is 39.8 Å². The summed E-state index contributed by atoms with van der Waals surface area (Å²) in [6.07, 6.45) is 6.19. The monoisotopic (exact) mass is 358 g/mol. The zero-order chi connectivity index (χ0) is 18.0. The third kappa shape index (κ3) is 3.70. The van der Waals surface area contributed by atoms with Gasteiger partial charge in [-0.3, -0.25) is 4.98 Å². The number of thiocarbonyl (C=S) groups is 1. The molecule has 5 nitrogen and oxygen atoms in total. The summed E-state index contributed by atoms with van der Waals surface area (Å²) in [5, 5.41) is 4.21. The normalized spacial score (nSPS) is 20.8. The molecular formula is C19H26N4OS. The highest BCUT2D eigenvalue weighted by molar-refractivity contribution is 7.80. The Bertz CT molecular complexity index is 723. The Morgan fingerprint density at radius 2 is 2.08 bits per heavy atom. The van der Waals surface area contributed by atoms with Crippen LogP contribution in [0.15, 0.2) is 42.9 Å². The minimum Gasteiger partial charge on any atom is -0.383 e. The Morgan fingerprint density at radius 3 is 2.68 bits per heavy atom. The molecule has 1 N–H and O–H groups in total. The molecule has 0 saturated carbocycles. The largest absolute Gasteiger partial charge is 0.383 e. The first kappa shape index (κ1) is 17.9. The van der Waals surface area contributed by atoms with Gasteiger partial charge in [0.25, 0.3) is 0 Å². The molecule has 0 radical (unpaired) electrons. The van der Waals surface area contributed by atoms with Crippen molar-refractivity contribution >= 4 is 17.3 Å². The number of rotatable bonds is 5. The van der Waals surface area contributed by atoms with E-state index in [1.54, 1.807) is 7.11 Å². The molecule has 3 rings (SSSR count). The van der Waals surface area contributed by atoms with Crippen molar-refractivity contribution < 1.29 is 4.74 Å². The predicted octanol–water partition coefficient (Wildman–Crippen LogP) is 3.26. The summed E-state index contributed by atoms with van der Waals surface area (Å²) >= 11 is 5.61. The molecule has 2 aromatic rings. The van der Waals surface area contributed by atoms with Crippen LogP contribution >= 0.6 is 12.2 Å². The maximum absolute atomic E-state index is 5.61. The van der Waals surface area contributed by atoms with Crippen molar-refractivity contribution in [2.75, 3.05) is 20.3 Å². The fourth-order valence-corrected chi connectivity index (χ4v) is 3.54. The van der Waals surface area contributed by atoms with Gasteiger partial charge in [-0.15, -0.1) is 0 Å². The van der Waals surface area contributed by atoms with Crippen LogP contribution in [0.25, 0.3) is 0 Å². The van der Waals surface area contributed by atoms with Crippen LogP contribution in [0.1, 0.15) is 44.1 Å². The minimum atomic E-state index is 0.0291. The standard InChI is InChI=1S/C19H26N4OS/c1-19(2,3)22-10-8-14(13-22)17-16(15-7-5-6-9-20-15)21-18(25)23(17)11-12-24-4/h5-10,13,16-17H,11-12H2,1-4H3,(H,21,25)/t16-,17-/m0/s1. The van der Waals surface area contributed by atoms with E-state index in [0.29, 0.717) is 6.61 Å². The predicted molar refractivity (Wildman–Crippen MR) is 103 cm³/mol. The quantitative estimate of drug-likeness (QED) is 0.831. The summed E-state index contributed by atoms with van der Waals surface area (Å²) in [7, 11) is 1.72. The van der Waals surface area contributed by atoms with Gasteiger partial charge in [0.1, 0.15) is 0 Å². The Hall–Kier alpha value is -1.92. The van der Waals surface area contributed by atoms with E-state index >= 15 is 0 Å². The molecule has 6 heteroatoms. The highest BCUT2D eigenvalue weighted by Gasteiger charge is 2.40. The molecule has 25 heavy (non-hydrogen) atoms. The molecule has 0 unspecified atom stereocenters. The van der Waals surface area contributed by atoms with Crippen LogP contribution in [0.5, 0.6) is 0 Å². The van der Waals surface area contributed by atoms with E-state index in [9.17, 15) is 0 Å². The maximum Gasteiger partial charge on any atom is 0.170 e. The lowest BCUT2D eigenvalue weighted by molar-refractivity contribution is 0.164. The summed E-state index contributed by atoms with van der Waals surface area (Å²) in [5.41, 5.74) is 2.27. The first-order chi connectivity index (χ1) is 11.9. The van der Waals surface area contributed by atoms with E-state index in [1.807, 2.05) is 24.4 Å². The number of nitrogens with one attached hydrogen (secondary N) is 1. The van der Waals surface area contributed by atoms with Gasteiger partial charge in [0.05, 0.1) is 24.4 Å². The molecule has 2 aromatic heterocycles. The molecule has 0 amide bonds. The fraction of sp³-hybridized carbons (Fsp3) is 0.474. The topological polar surface area (TPSA) is 42.3 Å². The number of methoxy groups -OCH3 is 1. The van der Waals surface area contributed by atoms with Crippen LogP contribution in [-0.2, 0) is 10.3 Å². The first-order valence-corrected chi connectivity index (χ1v) is 8.98. The minimum absolute atomic E-state index is 0.0291. The number of hydrogen-bond acceptors (Lipinski definition) is 3. The Balaban J connectivity index is 1.98. The molecule has 1 aliphatic rings. The van der Waals surface area contributed by atoms with Crippen LogP contribution < -0.4 is 5.32 Å². The van der Waals surface area contributed by atoms with Crippen molar-refractivity contribution in [1.29, 1.82) is 0 Å². The summed E-state index contributed by atoms with van der Waals surface area (Å²) in [4.78, 5) is 6.76. The van der Waals surface area contributed by atoms with Crippen molar-refractivity contribution in [3.63, 3.8) is 0 Å². The van der Waals surface area contributed by atoms with Gasteiger partial charge in [0.2, 0.25) is 0 Å². The van der Waals surface area contributed by atoms with E-state index in [2.05, 4.69) is 59.0 Å². The van der Waals surface area contributed by atoms with Crippen molar-refractivity contribution in [2.24, 2.45) is 0 Å². The Kier molecular flexibility index (Phi) is 5.11. The number of pyridine rings is 1. The Labute approximate surface area is 155 Å².